The monoisotopic (exact) mass is 245 g/mol. The van der Waals surface area contributed by atoms with Crippen molar-refractivity contribution in [2.75, 3.05) is 6.61 Å². The maximum atomic E-state index is 9.33. The molecule has 1 rings (SSSR count). The van der Waals surface area contributed by atoms with Crippen LogP contribution in [0.5, 0.6) is 0 Å². The quantitative estimate of drug-likeness (QED) is 0.749. The van der Waals surface area contributed by atoms with Crippen LogP contribution in [0.4, 0.5) is 0 Å². The lowest BCUT2D eigenvalue weighted by Crippen LogP contribution is -2.45. The van der Waals surface area contributed by atoms with E-state index in [1.54, 1.807) is 0 Å². The van der Waals surface area contributed by atoms with Crippen LogP contribution in [0.1, 0.15) is 33.6 Å². The largest absolute Gasteiger partial charge is 0.414 e. The molecule has 0 radical (unpaired) electrons. The van der Waals surface area contributed by atoms with Gasteiger partial charge in [0.1, 0.15) is 0 Å². The van der Waals surface area contributed by atoms with Gasteiger partial charge in [0.2, 0.25) is 0 Å². The average Bonchev–Trinajstić information content (AvgIpc) is 2.43. The number of hydrogen-bond acceptors (Lipinski definition) is 3. The maximum absolute atomic E-state index is 9.33. The molecule has 1 saturated carbocycles. The molecule has 1 aliphatic rings. The fourth-order valence-electron chi connectivity index (χ4n) is 2.02. The summed E-state index contributed by atoms with van der Waals surface area (Å²) in [6, 6.07) is 0.201. The molecular formula is C12H27NO2Si. The Balaban J connectivity index is 2.66. The van der Waals surface area contributed by atoms with E-state index in [2.05, 4.69) is 33.9 Å². The Labute approximate surface area is 100 Å². The van der Waals surface area contributed by atoms with Gasteiger partial charge in [-0.25, -0.2) is 0 Å². The highest BCUT2D eigenvalue weighted by atomic mass is 28.4. The Hall–Kier alpha value is 0.0969. The lowest BCUT2D eigenvalue weighted by atomic mass is 10.1. The fraction of sp³-hybridized carbons (Fsp3) is 1.00. The number of hydrogen-bond donors (Lipinski definition) is 2. The molecule has 3 N–H and O–H groups in total. The minimum Gasteiger partial charge on any atom is -0.414 e. The zero-order valence-electron chi connectivity index (χ0n) is 11.3. The van der Waals surface area contributed by atoms with Crippen molar-refractivity contribution < 1.29 is 9.53 Å². The molecular weight excluding hydrogens is 218 g/mol. The summed E-state index contributed by atoms with van der Waals surface area (Å²) in [5.41, 5.74) is 5.94. The number of aliphatic hydroxyl groups is 1. The summed E-state index contributed by atoms with van der Waals surface area (Å²) in [5.74, 6) is 0.240. The van der Waals surface area contributed by atoms with Gasteiger partial charge in [-0.3, -0.25) is 0 Å². The van der Waals surface area contributed by atoms with Gasteiger partial charge >= 0.3 is 0 Å². The van der Waals surface area contributed by atoms with Gasteiger partial charge in [-0.1, -0.05) is 20.8 Å². The van der Waals surface area contributed by atoms with Crippen LogP contribution in [-0.4, -0.2) is 32.2 Å². The average molecular weight is 245 g/mol. The summed E-state index contributed by atoms with van der Waals surface area (Å²) in [6.45, 7) is 11.4. The first-order chi connectivity index (χ1) is 7.17. The van der Waals surface area contributed by atoms with Crippen molar-refractivity contribution in [3.05, 3.63) is 0 Å². The molecule has 0 unspecified atom stereocenters. The summed E-state index contributed by atoms with van der Waals surface area (Å²) in [7, 11) is -1.72. The van der Waals surface area contributed by atoms with Crippen molar-refractivity contribution in [2.24, 2.45) is 11.7 Å². The van der Waals surface area contributed by atoms with Crippen LogP contribution in [-0.2, 0) is 4.43 Å². The highest BCUT2D eigenvalue weighted by molar-refractivity contribution is 6.74. The van der Waals surface area contributed by atoms with Crippen LogP contribution in [0.25, 0.3) is 0 Å². The van der Waals surface area contributed by atoms with Gasteiger partial charge in [0.25, 0.3) is 0 Å². The summed E-state index contributed by atoms with van der Waals surface area (Å²) >= 11 is 0. The number of aliphatic hydroxyl groups excluding tert-OH is 1. The molecule has 3 atom stereocenters. The van der Waals surface area contributed by atoms with Crippen LogP contribution in [0.15, 0.2) is 0 Å². The third-order valence-electron chi connectivity index (χ3n) is 4.15. The van der Waals surface area contributed by atoms with Crippen molar-refractivity contribution in [1.82, 2.24) is 0 Å². The second-order valence-corrected chi connectivity index (χ2v) is 11.3. The second-order valence-electron chi connectivity index (χ2n) is 6.59. The molecule has 1 fully saturated rings. The minimum absolute atomic E-state index is 0.167. The second kappa shape index (κ2) is 4.76. The lowest BCUT2D eigenvalue weighted by molar-refractivity contribution is 0.0980. The molecule has 0 aromatic heterocycles. The first kappa shape index (κ1) is 14.2. The van der Waals surface area contributed by atoms with Crippen molar-refractivity contribution in [2.45, 2.75) is 63.9 Å². The molecule has 4 heteroatoms. The molecule has 3 nitrogen and oxygen atoms in total. The fourth-order valence-corrected chi connectivity index (χ4v) is 3.42. The highest BCUT2D eigenvalue weighted by Crippen LogP contribution is 2.40. The molecule has 0 heterocycles. The molecule has 1 aliphatic carbocycles. The zero-order valence-corrected chi connectivity index (χ0v) is 12.3. The Bertz CT molecular complexity index is 238. The topological polar surface area (TPSA) is 55.5 Å². The van der Waals surface area contributed by atoms with Gasteiger partial charge in [-0.2, -0.15) is 0 Å². The van der Waals surface area contributed by atoms with Crippen molar-refractivity contribution in [3.63, 3.8) is 0 Å². The summed E-state index contributed by atoms with van der Waals surface area (Å²) in [5, 5.41) is 9.56. The number of rotatable bonds is 3. The molecule has 0 amide bonds. The van der Waals surface area contributed by atoms with Crippen LogP contribution < -0.4 is 5.73 Å². The van der Waals surface area contributed by atoms with E-state index in [1.165, 1.54) is 0 Å². The van der Waals surface area contributed by atoms with E-state index in [0.717, 1.165) is 12.8 Å². The highest BCUT2D eigenvalue weighted by Gasteiger charge is 2.43. The van der Waals surface area contributed by atoms with Crippen molar-refractivity contribution in [1.29, 1.82) is 0 Å². The molecule has 96 valence electrons. The van der Waals surface area contributed by atoms with Gasteiger partial charge < -0.3 is 15.3 Å². The Morgan fingerprint density at radius 3 is 2.31 bits per heavy atom. The van der Waals surface area contributed by atoms with E-state index >= 15 is 0 Å². The first-order valence-corrected chi connectivity index (χ1v) is 9.12. The first-order valence-electron chi connectivity index (χ1n) is 6.21. The zero-order chi connectivity index (χ0) is 12.6. The van der Waals surface area contributed by atoms with E-state index in [4.69, 9.17) is 10.2 Å². The number of nitrogens with two attached hydrogens (primary N) is 1. The maximum Gasteiger partial charge on any atom is 0.192 e. The standard InChI is InChI=1S/C12H27NO2Si/c1-12(2,3)16(4,5)15-11-7-10(13)6-9(11)8-14/h9-11,14H,6-8,13H2,1-5H3/t9-,10+,11-/m0/s1. The molecule has 16 heavy (non-hydrogen) atoms. The molecule has 0 aliphatic heterocycles. The molecule has 0 aromatic carbocycles. The molecule has 0 saturated heterocycles. The summed E-state index contributed by atoms with van der Waals surface area (Å²) < 4.78 is 6.34. The van der Waals surface area contributed by atoms with Crippen LogP contribution >= 0.6 is 0 Å². The van der Waals surface area contributed by atoms with Gasteiger partial charge in [-0.05, 0) is 31.0 Å². The minimum atomic E-state index is -1.72. The van der Waals surface area contributed by atoms with E-state index in [-0.39, 0.29) is 29.7 Å². The smallest absolute Gasteiger partial charge is 0.192 e. The Morgan fingerprint density at radius 2 is 1.88 bits per heavy atom. The molecule has 0 aromatic rings. The van der Waals surface area contributed by atoms with Crippen LogP contribution in [0.2, 0.25) is 18.1 Å². The van der Waals surface area contributed by atoms with Crippen LogP contribution in [0, 0.1) is 5.92 Å². The lowest BCUT2D eigenvalue weighted by Gasteiger charge is -2.39. The van der Waals surface area contributed by atoms with Gasteiger partial charge in [0.05, 0.1) is 6.10 Å². The third-order valence-corrected chi connectivity index (χ3v) is 8.66. The van der Waals surface area contributed by atoms with Gasteiger partial charge in [0.15, 0.2) is 8.32 Å². The Kier molecular flexibility index (Phi) is 4.22. The predicted octanol–water partition coefficient (Wildman–Crippen LogP) is 2.11. The SMILES string of the molecule is CC(C)(C)[Si](C)(C)O[C@H]1C[C@H](N)C[C@H]1CO. The van der Waals surface area contributed by atoms with Crippen molar-refractivity contribution >= 4 is 8.32 Å². The normalized spacial score (nSPS) is 32.1. The Morgan fingerprint density at radius 1 is 1.31 bits per heavy atom. The van der Waals surface area contributed by atoms with Gasteiger partial charge in [0, 0.05) is 18.6 Å². The molecule has 0 spiro atoms. The van der Waals surface area contributed by atoms with E-state index in [0.29, 0.717) is 0 Å². The molecule has 0 bridgehead atoms. The summed E-state index contributed by atoms with van der Waals surface area (Å²) in [6.07, 6.45) is 1.97. The van der Waals surface area contributed by atoms with E-state index in [1.807, 2.05) is 0 Å². The summed E-state index contributed by atoms with van der Waals surface area (Å²) in [4.78, 5) is 0. The third kappa shape index (κ3) is 3.06. The van der Waals surface area contributed by atoms with E-state index < -0.39 is 8.32 Å². The predicted molar refractivity (Wildman–Crippen MR) is 69.9 cm³/mol. The van der Waals surface area contributed by atoms with Gasteiger partial charge in [-0.15, -0.1) is 0 Å². The van der Waals surface area contributed by atoms with Crippen molar-refractivity contribution in [3.8, 4) is 0 Å². The van der Waals surface area contributed by atoms with E-state index in [9.17, 15) is 5.11 Å². The van der Waals surface area contributed by atoms with Crippen LogP contribution in [0.3, 0.4) is 0 Å².